The molecule has 1 saturated carbocycles. The topological polar surface area (TPSA) is 49.9 Å². The van der Waals surface area contributed by atoms with E-state index < -0.39 is 17.4 Å². The maximum Gasteiger partial charge on any atom is 0.253 e. The summed E-state index contributed by atoms with van der Waals surface area (Å²) < 4.78 is 31.9. The Balaban J connectivity index is 1.39. The summed E-state index contributed by atoms with van der Waals surface area (Å²) in [6.45, 7) is 1.45. The number of piperidine rings is 1. The predicted octanol–water partition coefficient (Wildman–Crippen LogP) is 2.46. The standard InChI is InChI=1S/C19H22F2N2O3/c20-19(21)10-14(11-19)17(25)22-8-6-18(7-9-22)13-23(16(24)12-26-18)15-4-2-1-3-5-15/h1-5,14H,6-13H2. The molecule has 2 heterocycles. The van der Waals surface area contributed by atoms with Crippen molar-refractivity contribution < 1.29 is 23.1 Å². The van der Waals surface area contributed by atoms with Gasteiger partial charge in [0.15, 0.2) is 0 Å². The van der Waals surface area contributed by atoms with E-state index in [2.05, 4.69) is 0 Å². The number of hydrogen-bond acceptors (Lipinski definition) is 3. The van der Waals surface area contributed by atoms with Crippen LogP contribution >= 0.6 is 0 Å². The minimum atomic E-state index is -2.68. The van der Waals surface area contributed by atoms with Crippen molar-refractivity contribution in [1.82, 2.24) is 4.90 Å². The first-order chi connectivity index (χ1) is 12.4. The van der Waals surface area contributed by atoms with E-state index in [4.69, 9.17) is 4.74 Å². The summed E-state index contributed by atoms with van der Waals surface area (Å²) in [5.74, 6) is -3.47. The summed E-state index contributed by atoms with van der Waals surface area (Å²) in [5.41, 5.74) is 0.375. The van der Waals surface area contributed by atoms with Gasteiger partial charge in [0.1, 0.15) is 6.61 Å². The lowest BCUT2D eigenvalue weighted by Gasteiger charge is -2.48. The molecule has 0 unspecified atom stereocenters. The van der Waals surface area contributed by atoms with E-state index in [0.717, 1.165) is 5.69 Å². The number of nitrogens with zero attached hydrogens (tertiary/aromatic N) is 2. The minimum absolute atomic E-state index is 0.0255. The van der Waals surface area contributed by atoms with Crippen molar-refractivity contribution >= 4 is 17.5 Å². The van der Waals surface area contributed by atoms with Crippen LogP contribution in [-0.2, 0) is 14.3 Å². The molecule has 1 spiro atoms. The van der Waals surface area contributed by atoms with Crippen molar-refractivity contribution in [2.24, 2.45) is 5.92 Å². The zero-order valence-corrected chi connectivity index (χ0v) is 14.5. The molecule has 3 aliphatic rings. The fourth-order valence-corrected chi connectivity index (χ4v) is 4.09. The van der Waals surface area contributed by atoms with Crippen molar-refractivity contribution in [3.63, 3.8) is 0 Å². The number of carbonyl (C=O) groups is 2. The van der Waals surface area contributed by atoms with Gasteiger partial charge < -0.3 is 14.5 Å². The van der Waals surface area contributed by atoms with Crippen LogP contribution in [0.1, 0.15) is 25.7 Å². The second kappa shape index (κ2) is 6.30. The van der Waals surface area contributed by atoms with Crippen molar-refractivity contribution in [3.8, 4) is 0 Å². The number of ether oxygens (including phenoxy) is 1. The molecule has 7 heteroatoms. The minimum Gasteiger partial charge on any atom is -0.363 e. The number of anilines is 1. The summed E-state index contributed by atoms with van der Waals surface area (Å²) in [4.78, 5) is 28.0. The Morgan fingerprint density at radius 1 is 1.12 bits per heavy atom. The number of para-hydroxylation sites is 1. The molecule has 26 heavy (non-hydrogen) atoms. The molecule has 5 nitrogen and oxygen atoms in total. The molecule has 4 rings (SSSR count). The molecule has 2 amide bonds. The van der Waals surface area contributed by atoms with Crippen molar-refractivity contribution in [2.45, 2.75) is 37.2 Å². The summed E-state index contributed by atoms with van der Waals surface area (Å²) in [6.07, 6.45) is 0.553. The number of morpholine rings is 1. The summed E-state index contributed by atoms with van der Waals surface area (Å²) >= 11 is 0. The Morgan fingerprint density at radius 2 is 1.77 bits per heavy atom. The first-order valence-corrected chi connectivity index (χ1v) is 9.04. The first kappa shape index (κ1) is 17.4. The second-order valence-corrected chi connectivity index (χ2v) is 7.57. The molecule has 0 N–H and O–H groups in total. The van der Waals surface area contributed by atoms with E-state index in [1.165, 1.54) is 0 Å². The molecule has 1 aromatic rings. The molecular formula is C19H22F2N2O3. The van der Waals surface area contributed by atoms with Crippen LogP contribution in [-0.4, -0.2) is 54.5 Å². The first-order valence-electron chi connectivity index (χ1n) is 9.04. The monoisotopic (exact) mass is 364 g/mol. The van der Waals surface area contributed by atoms with Gasteiger partial charge in [-0.15, -0.1) is 0 Å². The molecule has 0 radical (unpaired) electrons. The lowest BCUT2D eigenvalue weighted by Crippen LogP contribution is -2.60. The lowest BCUT2D eigenvalue weighted by atomic mass is 9.79. The fraction of sp³-hybridized carbons (Fsp3) is 0.579. The van der Waals surface area contributed by atoms with E-state index in [1.807, 2.05) is 30.3 Å². The number of alkyl halides is 2. The molecule has 1 aromatic carbocycles. The van der Waals surface area contributed by atoms with Crippen LogP contribution in [0.4, 0.5) is 14.5 Å². The number of halogens is 2. The van der Waals surface area contributed by atoms with E-state index in [9.17, 15) is 18.4 Å². The average Bonchev–Trinajstić information content (AvgIpc) is 2.63. The van der Waals surface area contributed by atoms with Crippen LogP contribution in [0.3, 0.4) is 0 Å². The maximum atomic E-state index is 13.0. The molecule has 1 aliphatic carbocycles. The number of amides is 2. The number of rotatable bonds is 2. The average molecular weight is 364 g/mol. The number of hydrogen-bond donors (Lipinski definition) is 0. The molecule has 2 aliphatic heterocycles. The van der Waals surface area contributed by atoms with Gasteiger partial charge in [0.05, 0.1) is 12.1 Å². The Kier molecular flexibility index (Phi) is 4.22. The van der Waals surface area contributed by atoms with Crippen LogP contribution < -0.4 is 4.90 Å². The largest absolute Gasteiger partial charge is 0.363 e. The van der Waals surface area contributed by atoms with Crippen molar-refractivity contribution in [1.29, 1.82) is 0 Å². The van der Waals surface area contributed by atoms with Gasteiger partial charge in [0.25, 0.3) is 5.91 Å². The summed E-state index contributed by atoms with van der Waals surface area (Å²) in [5, 5.41) is 0. The Labute approximate surface area is 150 Å². The smallest absolute Gasteiger partial charge is 0.253 e. The molecule has 2 saturated heterocycles. The normalized spacial score (nSPS) is 25.2. The van der Waals surface area contributed by atoms with E-state index >= 15 is 0 Å². The van der Waals surface area contributed by atoms with Crippen molar-refractivity contribution in [2.75, 3.05) is 31.1 Å². The van der Waals surface area contributed by atoms with E-state index in [1.54, 1.807) is 9.80 Å². The van der Waals surface area contributed by atoms with Gasteiger partial charge in [0.2, 0.25) is 11.8 Å². The van der Waals surface area contributed by atoms with Crippen molar-refractivity contribution in [3.05, 3.63) is 30.3 Å². The van der Waals surface area contributed by atoms with Crippen LogP contribution in [0.15, 0.2) is 30.3 Å². The van der Waals surface area contributed by atoms with Gasteiger partial charge in [-0.1, -0.05) is 18.2 Å². The highest BCUT2D eigenvalue weighted by Crippen LogP contribution is 2.44. The highest BCUT2D eigenvalue weighted by Gasteiger charge is 2.51. The zero-order valence-electron chi connectivity index (χ0n) is 14.5. The van der Waals surface area contributed by atoms with Crippen LogP contribution in [0.5, 0.6) is 0 Å². The highest BCUT2D eigenvalue weighted by molar-refractivity contribution is 5.95. The third-order valence-corrected chi connectivity index (χ3v) is 5.74. The Bertz CT molecular complexity index is 694. The third kappa shape index (κ3) is 3.20. The van der Waals surface area contributed by atoms with Gasteiger partial charge in [-0.3, -0.25) is 9.59 Å². The van der Waals surface area contributed by atoms with Gasteiger partial charge >= 0.3 is 0 Å². The Hall–Kier alpha value is -2.02. The highest BCUT2D eigenvalue weighted by atomic mass is 19.3. The van der Waals surface area contributed by atoms with E-state index in [-0.39, 0.29) is 31.3 Å². The Morgan fingerprint density at radius 3 is 2.38 bits per heavy atom. The molecule has 0 atom stereocenters. The zero-order chi connectivity index (χ0) is 18.4. The van der Waals surface area contributed by atoms with Crippen LogP contribution in [0.2, 0.25) is 0 Å². The quantitative estimate of drug-likeness (QED) is 0.810. The molecule has 0 aromatic heterocycles. The number of benzene rings is 1. The SMILES string of the molecule is O=C(C1CC(F)(F)C1)N1CCC2(CC1)CN(c1ccccc1)C(=O)CO2. The molecule has 140 valence electrons. The van der Waals surface area contributed by atoms with Gasteiger partial charge in [-0.05, 0) is 25.0 Å². The molecular weight excluding hydrogens is 342 g/mol. The lowest BCUT2D eigenvalue weighted by molar-refractivity contribution is -0.166. The van der Waals surface area contributed by atoms with Crippen LogP contribution in [0, 0.1) is 5.92 Å². The second-order valence-electron chi connectivity index (χ2n) is 7.57. The van der Waals surface area contributed by atoms with Gasteiger partial charge in [0, 0.05) is 37.5 Å². The van der Waals surface area contributed by atoms with Gasteiger partial charge in [-0.25, -0.2) is 8.78 Å². The van der Waals surface area contributed by atoms with Crippen LogP contribution in [0.25, 0.3) is 0 Å². The number of likely N-dealkylation sites (tertiary alicyclic amines) is 1. The number of carbonyl (C=O) groups excluding carboxylic acids is 2. The van der Waals surface area contributed by atoms with Gasteiger partial charge in [-0.2, -0.15) is 0 Å². The molecule has 0 bridgehead atoms. The predicted molar refractivity (Wildman–Crippen MR) is 91.0 cm³/mol. The summed E-state index contributed by atoms with van der Waals surface area (Å²) in [7, 11) is 0. The third-order valence-electron chi connectivity index (χ3n) is 5.74. The van der Waals surface area contributed by atoms with E-state index in [0.29, 0.717) is 32.5 Å². The summed E-state index contributed by atoms with van der Waals surface area (Å²) in [6, 6.07) is 9.47. The molecule has 3 fully saturated rings. The fourth-order valence-electron chi connectivity index (χ4n) is 4.09. The maximum absolute atomic E-state index is 13.0.